The van der Waals surface area contributed by atoms with Gasteiger partial charge in [-0.2, -0.15) is 0 Å². The summed E-state index contributed by atoms with van der Waals surface area (Å²) in [6.45, 7) is -0.303. The molecule has 2 aromatic rings. The molecule has 0 bridgehead atoms. The van der Waals surface area contributed by atoms with Crippen LogP contribution in [0.15, 0.2) is 48.5 Å². The van der Waals surface area contributed by atoms with Crippen LogP contribution in [0, 0.1) is 5.82 Å². The van der Waals surface area contributed by atoms with E-state index in [0.717, 1.165) is 0 Å². The number of ether oxygens (including phenoxy) is 1. The number of halogens is 1. The largest absolute Gasteiger partial charge is 0.485 e. The number of benzene rings is 2. The Morgan fingerprint density at radius 1 is 1.05 bits per heavy atom. The highest BCUT2D eigenvalue weighted by Gasteiger charge is 2.09. The zero-order valence-corrected chi connectivity index (χ0v) is 10.9. The van der Waals surface area contributed by atoms with Gasteiger partial charge in [-0.15, -0.1) is 0 Å². The summed E-state index contributed by atoms with van der Waals surface area (Å²) in [5.74, 6) is -0.142. The molecule has 4 heteroatoms. The van der Waals surface area contributed by atoms with E-state index in [1.54, 1.807) is 42.5 Å². The van der Waals surface area contributed by atoms with Crippen molar-refractivity contribution < 1.29 is 19.0 Å². The summed E-state index contributed by atoms with van der Waals surface area (Å²) in [5.41, 5.74) is 0.975. The molecule has 0 aromatic heterocycles. The lowest BCUT2D eigenvalue weighted by Crippen LogP contribution is -2.15. The van der Waals surface area contributed by atoms with E-state index in [0.29, 0.717) is 16.9 Å². The number of carbonyl (C=O) groups excluding carboxylic acids is 1. The number of carbonyl (C=O) groups is 1. The molecule has 0 aliphatic rings. The molecule has 0 amide bonds. The van der Waals surface area contributed by atoms with Crippen molar-refractivity contribution in [1.29, 1.82) is 0 Å². The van der Waals surface area contributed by atoms with Crippen molar-refractivity contribution in [1.82, 2.24) is 0 Å². The first-order valence-electron chi connectivity index (χ1n) is 6.27. The molecule has 1 N–H and O–H groups in total. The molecule has 0 heterocycles. The molecule has 0 aliphatic carbocycles. The summed E-state index contributed by atoms with van der Waals surface area (Å²) in [6, 6.07) is 13.1. The quantitative estimate of drug-likeness (QED) is 0.880. The maximum Gasteiger partial charge on any atom is 0.174 e. The molecule has 0 fully saturated rings. The Hall–Kier alpha value is -2.20. The van der Waals surface area contributed by atoms with Crippen LogP contribution >= 0.6 is 0 Å². The second kappa shape index (κ2) is 6.82. The highest BCUT2D eigenvalue weighted by atomic mass is 19.1. The predicted octanol–water partition coefficient (Wildman–Crippen LogP) is 2.51. The van der Waals surface area contributed by atoms with Crippen molar-refractivity contribution in [3.63, 3.8) is 0 Å². The number of aliphatic hydroxyl groups excluding tert-OH is 1. The summed E-state index contributed by atoms with van der Waals surface area (Å²) in [5, 5.41) is 9.14. The summed E-state index contributed by atoms with van der Waals surface area (Å²) in [6.07, 6.45) is -0.00599. The zero-order chi connectivity index (χ0) is 14.4. The lowest BCUT2D eigenvalue weighted by molar-refractivity contribution is -0.120. The van der Waals surface area contributed by atoms with Crippen LogP contribution in [0.25, 0.3) is 0 Å². The molecule has 0 aliphatic heterocycles. The minimum absolute atomic E-state index is 0.00599. The average molecular weight is 274 g/mol. The highest BCUT2D eigenvalue weighted by Crippen LogP contribution is 2.17. The normalized spacial score (nSPS) is 10.3. The summed E-state index contributed by atoms with van der Waals surface area (Å²) >= 11 is 0. The molecule has 20 heavy (non-hydrogen) atoms. The first-order valence-corrected chi connectivity index (χ1v) is 6.27. The maximum absolute atomic E-state index is 13.4. The standard InChI is InChI=1S/C16H15FO3/c17-15-7-3-1-5-12(15)9-14(19)11-20-16-8-4-2-6-13(16)10-18/h1-8,18H,9-11H2. The lowest BCUT2D eigenvalue weighted by Gasteiger charge is -2.09. The molecule has 0 atom stereocenters. The second-order valence-electron chi connectivity index (χ2n) is 4.36. The Morgan fingerprint density at radius 3 is 2.40 bits per heavy atom. The molecule has 2 rings (SSSR count). The Morgan fingerprint density at radius 2 is 1.70 bits per heavy atom. The third-order valence-electron chi connectivity index (χ3n) is 2.88. The first-order chi connectivity index (χ1) is 9.70. The van der Waals surface area contributed by atoms with Gasteiger partial charge in [-0.1, -0.05) is 36.4 Å². The molecule has 0 radical (unpaired) electrons. The van der Waals surface area contributed by atoms with Gasteiger partial charge in [-0.25, -0.2) is 4.39 Å². The summed E-state index contributed by atoms with van der Waals surface area (Å²) in [4.78, 5) is 11.8. The van der Waals surface area contributed by atoms with E-state index < -0.39 is 5.82 Å². The van der Waals surface area contributed by atoms with Crippen molar-refractivity contribution in [2.24, 2.45) is 0 Å². The molecule has 0 saturated carbocycles. The van der Waals surface area contributed by atoms with Crippen molar-refractivity contribution in [2.45, 2.75) is 13.0 Å². The van der Waals surface area contributed by atoms with Gasteiger partial charge in [-0.05, 0) is 17.7 Å². The molecule has 0 saturated heterocycles. The Labute approximate surface area is 116 Å². The molecule has 2 aromatic carbocycles. The molecule has 0 spiro atoms. The van der Waals surface area contributed by atoms with Gasteiger partial charge in [0.25, 0.3) is 0 Å². The average Bonchev–Trinajstić information content (AvgIpc) is 2.48. The van der Waals surface area contributed by atoms with Crippen LogP contribution in [0.1, 0.15) is 11.1 Å². The third-order valence-corrected chi connectivity index (χ3v) is 2.88. The fourth-order valence-electron chi connectivity index (χ4n) is 1.84. The van der Waals surface area contributed by atoms with E-state index in [4.69, 9.17) is 9.84 Å². The lowest BCUT2D eigenvalue weighted by atomic mass is 10.1. The van der Waals surface area contributed by atoms with Gasteiger partial charge in [0.1, 0.15) is 18.2 Å². The Kier molecular flexibility index (Phi) is 4.85. The van der Waals surface area contributed by atoms with Crippen LogP contribution in [0.2, 0.25) is 0 Å². The second-order valence-corrected chi connectivity index (χ2v) is 4.36. The molecule has 3 nitrogen and oxygen atoms in total. The SMILES string of the molecule is O=C(COc1ccccc1CO)Cc1ccccc1F. The zero-order valence-electron chi connectivity index (χ0n) is 10.9. The van der Waals surface area contributed by atoms with Crippen molar-refractivity contribution in [3.8, 4) is 5.75 Å². The van der Waals surface area contributed by atoms with Gasteiger partial charge in [0.2, 0.25) is 0 Å². The number of rotatable bonds is 6. The van der Waals surface area contributed by atoms with Crippen LogP contribution in [0.4, 0.5) is 4.39 Å². The Balaban J connectivity index is 1.94. The van der Waals surface area contributed by atoms with Gasteiger partial charge in [0.15, 0.2) is 5.78 Å². The van der Waals surface area contributed by atoms with Gasteiger partial charge in [0.05, 0.1) is 6.61 Å². The predicted molar refractivity (Wildman–Crippen MR) is 73.0 cm³/mol. The molecular formula is C16H15FO3. The summed E-state index contributed by atoms with van der Waals surface area (Å²) < 4.78 is 18.8. The molecule has 104 valence electrons. The van der Waals surface area contributed by atoms with Crippen LogP contribution in [0.5, 0.6) is 5.75 Å². The monoisotopic (exact) mass is 274 g/mol. The number of aliphatic hydroxyl groups is 1. The van der Waals surface area contributed by atoms with Gasteiger partial charge in [-0.3, -0.25) is 4.79 Å². The van der Waals surface area contributed by atoms with E-state index in [9.17, 15) is 9.18 Å². The van der Waals surface area contributed by atoms with Gasteiger partial charge in [0, 0.05) is 12.0 Å². The molecular weight excluding hydrogens is 259 g/mol. The van der Waals surface area contributed by atoms with Crippen molar-refractivity contribution in [2.75, 3.05) is 6.61 Å². The van der Waals surface area contributed by atoms with E-state index in [1.807, 2.05) is 0 Å². The molecule has 0 unspecified atom stereocenters. The fraction of sp³-hybridized carbons (Fsp3) is 0.188. The summed E-state index contributed by atoms with van der Waals surface area (Å²) in [7, 11) is 0. The third kappa shape index (κ3) is 3.65. The number of ketones is 1. The number of para-hydroxylation sites is 1. The smallest absolute Gasteiger partial charge is 0.174 e. The fourth-order valence-corrected chi connectivity index (χ4v) is 1.84. The minimum Gasteiger partial charge on any atom is -0.485 e. The van der Waals surface area contributed by atoms with Crippen LogP contribution in [0.3, 0.4) is 0 Å². The maximum atomic E-state index is 13.4. The highest BCUT2D eigenvalue weighted by molar-refractivity contribution is 5.82. The van der Waals surface area contributed by atoms with E-state index in [-0.39, 0.29) is 25.4 Å². The Bertz CT molecular complexity index is 596. The topological polar surface area (TPSA) is 46.5 Å². The van der Waals surface area contributed by atoms with Crippen molar-refractivity contribution in [3.05, 3.63) is 65.5 Å². The van der Waals surface area contributed by atoms with E-state index >= 15 is 0 Å². The van der Waals surface area contributed by atoms with Crippen LogP contribution in [-0.2, 0) is 17.8 Å². The van der Waals surface area contributed by atoms with Crippen LogP contribution in [-0.4, -0.2) is 17.5 Å². The van der Waals surface area contributed by atoms with Crippen LogP contribution < -0.4 is 4.74 Å². The number of hydrogen-bond acceptors (Lipinski definition) is 3. The van der Waals surface area contributed by atoms with Crippen molar-refractivity contribution >= 4 is 5.78 Å². The van der Waals surface area contributed by atoms with Gasteiger partial charge < -0.3 is 9.84 Å². The minimum atomic E-state index is -0.392. The van der Waals surface area contributed by atoms with Gasteiger partial charge >= 0.3 is 0 Å². The number of hydrogen-bond donors (Lipinski definition) is 1. The van der Waals surface area contributed by atoms with E-state index in [1.165, 1.54) is 6.07 Å². The number of Topliss-reactive ketones (excluding diaryl/α,β-unsaturated/α-hetero) is 1. The van der Waals surface area contributed by atoms with E-state index in [2.05, 4.69) is 0 Å². The first kappa shape index (κ1) is 14.2.